The molecular weight excluding hydrogens is 169 g/mol. The highest BCUT2D eigenvalue weighted by Gasteiger charge is 2.23. The first-order valence-electron chi connectivity index (χ1n) is 5.08. The zero-order chi connectivity index (χ0) is 9.84. The van der Waals surface area contributed by atoms with Crippen molar-refractivity contribution in [2.75, 3.05) is 26.3 Å². The number of halogens is 1. The first-order chi connectivity index (χ1) is 6.11. The predicted octanol–water partition coefficient (Wildman–Crippen LogP) is 1.29. The van der Waals surface area contributed by atoms with Gasteiger partial charge < -0.3 is 10.0 Å². The monoisotopic (exact) mass is 189 g/mol. The fourth-order valence-corrected chi connectivity index (χ4v) is 2.29. The third kappa shape index (κ3) is 3.61. The zero-order valence-electron chi connectivity index (χ0n) is 8.54. The van der Waals surface area contributed by atoms with Crippen molar-refractivity contribution >= 4 is 0 Å². The minimum absolute atomic E-state index is 0.491. The van der Waals surface area contributed by atoms with Gasteiger partial charge in [-0.2, -0.15) is 0 Å². The van der Waals surface area contributed by atoms with Crippen molar-refractivity contribution in [1.29, 1.82) is 0 Å². The van der Waals surface area contributed by atoms with E-state index in [2.05, 4.69) is 18.7 Å². The van der Waals surface area contributed by atoms with Gasteiger partial charge in [-0.3, -0.25) is 0 Å². The molecule has 13 heavy (non-hydrogen) atoms. The highest BCUT2D eigenvalue weighted by molar-refractivity contribution is 4.76. The number of nitrogens with zero attached hydrogens (tertiary/aromatic N) is 1. The highest BCUT2D eigenvalue weighted by atomic mass is 19.1. The van der Waals surface area contributed by atoms with Crippen LogP contribution >= 0.6 is 0 Å². The molecular formula is C10H20FNO. The van der Waals surface area contributed by atoms with Gasteiger partial charge in [0.05, 0.1) is 6.10 Å². The maximum Gasteiger partial charge on any atom is 0.117 e. The molecule has 1 rings (SSSR count). The van der Waals surface area contributed by atoms with Crippen LogP contribution in [0.4, 0.5) is 4.39 Å². The Balaban J connectivity index is 2.32. The van der Waals surface area contributed by atoms with E-state index in [-0.39, 0.29) is 0 Å². The topological polar surface area (TPSA) is 23.5 Å². The summed E-state index contributed by atoms with van der Waals surface area (Å²) in [5.41, 5.74) is 0. The number of aliphatic hydroxyl groups is 1. The molecule has 0 saturated carbocycles. The van der Waals surface area contributed by atoms with E-state index in [1.807, 2.05) is 0 Å². The lowest BCUT2D eigenvalue weighted by atomic mass is 9.92. The molecule has 0 spiro atoms. The number of β-amino-alcohol motifs (C(OH)–C–C–N with tert-alkyl or cyclic N) is 1. The third-order valence-electron chi connectivity index (χ3n) is 2.59. The summed E-state index contributed by atoms with van der Waals surface area (Å²) in [7, 11) is 0. The summed E-state index contributed by atoms with van der Waals surface area (Å²) < 4.78 is 12.1. The van der Waals surface area contributed by atoms with E-state index in [1.165, 1.54) is 6.42 Å². The number of piperidine rings is 1. The minimum Gasteiger partial charge on any atom is -0.389 e. The van der Waals surface area contributed by atoms with Gasteiger partial charge in [0, 0.05) is 19.6 Å². The highest BCUT2D eigenvalue weighted by Crippen LogP contribution is 2.20. The van der Waals surface area contributed by atoms with Crippen LogP contribution < -0.4 is 0 Å². The van der Waals surface area contributed by atoms with Crippen LogP contribution in [0.5, 0.6) is 0 Å². The average Bonchev–Trinajstić information content (AvgIpc) is 2.02. The van der Waals surface area contributed by atoms with Crippen LogP contribution in [0.2, 0.25) is 0 Å². The molecule has 3 atom stereocenters. The smallest absolute Gasteiger partial charge is 0.117 e. The third-order valence-corrected chi connectivity index (χ3v) is 2.59. The first-order valence-corrected chi connectivity index (χ1v) is 5.08. The van der Waals surface area contributed by atoms with Crippen LogP contribution in [0.3, 0.4) is 0 Å². The Labute approximate surface area is 79.7 Å². The molecule has 1 N–H and O–H groups in total. The van der Waals surface area contributed by atoms with Crippen LogP contribution in [-0.2, 0) is 0 Å². The van der Waals surface area contributed by atoms with Crippen molar-refractivity contribution in [3.8, 4) is 0 Å². The fraction of sp³-hybridized carbons (Fsp3) is 1.00. The predicted molar refractivity (Wildman–Crippen MR) is 51.4 cm³/mol. The molecule has 1 aliphatic heterocycles. The zero-order valence-corrected chi connectivity index (χ0v) is 8.54. The molecule has 1 heterocycles. The minimum atomic E-state index is -0.794. The lowest BCUT2D eigenvalue weighted by Gasteiger charge is -2.35. The van der Waals surface area contributed by atoms with Gasteiger partial charge in [0.2, 0.25) is 0 Å². The van der Waals surface area contributed by atoms with E-state index in [0.29, 0.717) is 18.4 Å². The van der Waals surface area contributed by atoms with Gasteiger partial charge in [-0.15, -0.1) is 0 Å². The Bertz CT molecular complexity index is 144. The van der Waals surface area contributed by atoms with E-state index in [9.17, 15) is 4.39 Å². The molecule has 1 aliphatic rings. The van der Waals surface area contributed by atoms with Crippen molar-refractivity contribution in [2.24, 2.45) is 11.8 Å². The van der Waals surface area contributed by atoms with Crippen molar-refractivity contribution in [3.63, 3.8) is 0 Å². The Morgan fingerprint density at radius 3 is 2.38 bits per heavy atom. The maximum atomic E-state index is 12.1. The largest absolute Gasteiger partial charge is 0.389 e. The van der Waals surface area contributed by atoms with Crippen molar-refractivity contribution in [2.45, 2.75) is 26.4 Å². The second kappa shape index (κ2) is 4.91. The van der Waals surface area contributed by atoms with E-state index in [4.69, 9.17) is 5.11 Å². The van der Waals surface area contributed by atoms with Crippen LogP contribution in [0.25, 0.3) is 0 Å². The van der Waals surface area contributed by atoms with Gasteiger partial charge in [0.15, 0.2) is 0 Å². The van der Waals surface area contributed by atoms with Gasteiger partial charge in [-0.05, 0) is 18.3 Å². The van der Waals surface area contributed by atoms with Crippen LogP contribution in [-0.4, -0.2) is 42.4 Å². The Hall–Kier alpha value is -0.150. The summed E-state index contributed by atoms with van der Waals surface area (Å²) in [5.74, 6) is 1.35. The Kier molecular flexibility index (Phi) is 4.13. The Morgan fingerprint density at radius 1 is 1.38 bits per heavy atom. The summed E-state index contributed by atoms with van der Waals surface area (Å²) in [6.07, 6.45) is 0.458. The van der Waals surface area contributed by atoms with E-state index in [1.54, 1.807) is 0 Å². The van der Waals surface area contributed by atoms with Crippen molar-refractivity contribution < 1.29 is 9.50 Å². The molecule has 0 aromatic heterocycles. The Morgan fingerprint density at radius 2 is 1.92 bits per heavy atom. The van der Waals surface area contributed by atoms with Gasteiger partial charge in [-0.25, -0.2) is 4.39 Å². The maximum absolute atomic E-state index is 12.1. The molecule has 0 aromatic carbocycles. The summed E-state index contributed by atoms with van der Waals surface area (Å²) >= 11 is 0. The molecule has 0 bridgehead atoms. The van der Waals surface area contributed by atoms with Crippen LogP contribution in [0.1, 0.15) is 20.3 Å². The van der Waals surface area contributed by atoms with Crippen LogP contribution in [0.15, 0.2) is 0 Å². The molecule has 1 saturated heterocycles. The molecule has 3 heteroatoms. The molecule has 0 aromatic rings. The van der Waals surface area contributed by atoms with Gasteiger partial charge in [0.25, 0.3) is 0 Å². The summed E-state index contributed by atoms with van der Waals surface area (Å²) in [5, 5.41) is 9.17. The standard InChI is InChI=1S/C10H20FNO/c1-8-3-9(2)6-12(5-8)7-10(13)4-11/h8-10,13H,3-7H2,1-2H3. The molecule has 0 radical (unpaired) electrons. The van der Waals surface area contributed by atoms with Crippen LogP contribution in [0, 0.1) is 11.8 Å². The quantitative estimate of drug-likeness (QED) is 0.723. The first kappa shape index (κ1) is 10.9. The van der Waals surface area contributed by atoms with Gasteiger partial charge in [0.1, 0.15) is 6.67 Å². The normalized spacial score (nSPS) is 33.2. The SMILES string of the molecule is CC1CC(C)CN(CC(O)CF)C1. The van der Waals surface area contributed by atoms with E-state index >= 15 is 0 Å². The molecule has 2 nitrogen and oxygen atoms in total. The average molecular weight is 189 g/mol. The van der Waals surface area contributed by atoms with E-state index in [0.717, 1.165) is 13.1 Å². The lowest BCUT2D eigenvalue weighted by Crippen LogP contribution is -2.43. The number of likely N-dealkylation sites (tertiary alicyclic amines) is 1. The van der Waals surface area contributed by atoms with Crippen molar-refractivity contribution in [3.05, 3.63) is 0 Å². The summed E-state index contributed by atoms with van der Waals surface area (Å²) in [4.78, 5) is 2.17. The molecule has 3 unspecified atom stereocenters. The van der Waals surface area contributed by atoms with Gasteiger partial charge in [-0.1, -0.05) is 13.8 Å². The number of alkyl halides is 1. The molecule has 0 aliphatic carbocycles. The fourth-order valence-electron chi connectivity index (χ4n) is 2.29. The number of hydrogen-bond donors (Lipinski definition) is 1. The number of rotatable bonds is 3. The lowest BCUT2D eigenvalue weighted by molar-refractivity contribution is 0.0567. The summed E-state index contributed by atoms with van der Waals surface area (Å²) in [6.45, 7) is 6.29. The molecule has 0 amide bonds. The van der Waals surface area contributed by atoms with Gasteiger partial charge >= 0.3 is 0 Å². The van der Waals surface area contributed by atoms with Crippen molar-refractivity contribution in [1.82, 2.24) is 4.90 Å². The second-order valence-corrected chi connectivity index (χ2v) is 4.47. The second-order valence-electron chi connectivity index (χ2n) is 4.47. The molecule has 1 fully saturated rings. The number of hydrogen-bond acceptors (Lipinski definition) is 2. The number of aliphatic hydroxyl groups excluding tert-OH is 1. The summed E-state index contributed by atoms with van der Waals surface area (Å²) in [6, 6.07) is 0. The van der Waals surface area contributed by atoms with E-state index < -0.39 is 12.8 Å². The molecule has 78 valence electrons.